The largest absolute Gasteiger partial charge is 0.399 e. The van der Waals surface area contributed by atoms with Crippen molar-refractivity contribution in [2.45, 2.75) is 6.92 Å². The van der Waals surface area contributed by atoms with Crippen LogP contribution >= 0.6 is 15.9 Å². The van der Waals surface area contributed by atoms with E-state index in [4.69, 9.17) is 5.73 Å². The normalized spacial score (nSPS) is 10.2. The van der Waals surface area contributed by atoms with Gasteiger partial charge in [0, 0.05) is 27.9 Å². The molecule has 108 valence electrons. The van der Waals surface area contributed by atoms with E-state index in [1.54, 1.807) is 25.1 Å². The van der Waals surface area contributed by atoms with Crippen LogP contribution in [0.3, 0.4) is 0 Å². The number of halogens is 1. The Balaban J connectivity index is 2.31. The molecule has 1 amide bonds. The Morgan fingerprint density at radius 3 is 2.62 bits per heavy atom. The number of non-ortho nitro benzene ring substituents is 1. The quantitative estimate of drug-likeness (QED) is 0.503. The summed E-state index contributed by atoms with van der Waals surface area (Å²) in [6.07, 6.45) is 0. The smallest absolute Gasteiger partial charge is 0.271 e. The zero-order valence-corrected chi connectivity index (χ0v) is 12.7. The van der Waals surface area contributed by atoms with Gasteiger partial charge in [-0.15, -0.1) is 0 Å². The summed E-state index contributed by atoms with van der Waals surface area (Å²) in [6.45, 7) is 1.77. The summed E-state index contributed by atoms with van der Waals surface area (Å²) >= 11 is 3.25. The van der Waals surface area contributed by atoms with Crippen LogP contribution < -0.4 is 11.1 Å². The topological polar surface area (TPSA) is 98.3 Å². The lowest BCUT2D eigenvalue weighted by Crippen LogP contribution is -2.14. The molecule has 0 aromatic heterocycles. The second-order valence-electron chi connectivity index (χ2n) is 4.45. The molecule has 0 saturated carbocycles. The minimum absolute atomic E-state index is 0.0949. The highest BCUT2D eigenvalue weighted by Crippen LogP contribution is 2.28. The van der Waals surface area contributed by atoms with Crippen molar-refractivity contribution in [3.8, 4) is 0 Å². The van der Waals surface area contributed by atoms with Crippen molar-refractivity contribution in [3.05, 3.63) is 62.1 Å². The van der Waals surface area contributed by atoms with Gasteiger partial charge in [-0.05, 0) is 52.7 Å². The number of anilines is 2. The molecule has 0 bridgehead atoms. The highest BCUT2D eigenvalue weighted by molar-refractivity contribution is 9.10. The maximum absolute atomic E-state index is 12.2. The summed E-state index contributed by atoms with van der Waals surface area (Å²) < 4.78 is 0.564. The number of nitrogen functional groups attached to an aromatic ring is 1. The first-order valence-corrected chi connectivity index (χ1v) is 6.79. The highest BCUT2D eigenvalue weighted by Gasteiger charge is 2.14. The number of nitrogens with one attached hydrogen (secondary N) is 1. The molecule has 21 heavy (non-hydrogen) atoms. The standard InChI is InChI=1S/C14H12BrN3O3/c1-8-6-9(16)2-4-11(8)14(19)17-13-7-10(18(20)21)3-5-12(13)15/h2-7H,16H2,1H3,(H,17,19). The van der Waals surface area contributed by atoms with Gasteiger partial charge in [-0.2, -0.15) is 0 Å². The van der Waals surface area contributed by atoms with E-state index in [2.05, 4.69) is 21.2 Å². The first-order chi connectivity index (χ1) is 9.88. The Bertz CT molecular complexity index is 731. The van der Waals surface area contributed by atoms with E-state index in [1.165, 1.54) is 18.2 Å². The number of nitro groups is 1. The molecule has 0 radical (unpaired) electrons. The molecule has 3 N–H and O–H groups in total. The fraction of sp³-hybridized carbons (Fsp3) is 0.0714. The van der Waals surface area contributed by atoms with Crippen LogP contribution in [-0.4, -0.2) is 10.8 Å². The fourth-order valence-corrected chi connectivity index (χ4v) is 2.20. The van der Waals surface area contributed by atoms with Crippen LogP contribution in [0, 0.1) is 17.0 Å². The molecule has 0 unspecified atom stereocenters. The lowest BCUT2D eigenvalue weighted by Gasteiger charge is -2.09. The van der Waals surface area contributed by atoms with E-state index < -0.39 is 4.92 Å². The average molecular weight is 350 g/mol. The van der Waals surface area contributed by atoms with E-state index in [9.17, 15) is 14.9 Å². The molecule has 0 atom stereocenters. The highest BCUT2D eigenvalue weighted by atomic mass is 79.9. The monoisotopic (exact) mass is 349 g/mol. The first-order valence-electron chi connectivity index (χ1n) is 6.00. The molecule has 0 saturated heterocycles. The molecule has 0 aliphatic carbocycles. The number of carbonyl (C=O) groups is 1. The number of benzene rings is 2. The molecular weight excluding hydrogens is 338 g/mol. The zero-order chi connectivity index (χ0) is 15.6. The molecule has 2 rings (SSSR count). The Morgan fingerprint density at radius 1 is 1.29 bits per heavy atom. The second-order valence-corrected chi connectivity index (χ2v) is 5.30. The van der Waals surface area contributed by atoms with Gasteiger partial charge in [-0.25, -0.2) is 0 Å². The number of nitrogens with two attached hydrogens (primary N) is 1. The van der Waals surface area contributed by atoms with Crippen LogP contribution in [0.15, 0.2) is 40.9 Å². The van der Waals surface area contributed by atoms with Gasteiger partial charge in [-0.3, -0.25) is 14.9 Å². The lowest BCUT2D eigenvalue weighted by molar-refractivity contribution is -0.384. The number of nitrogens with zero attached hydrogens (tertiary/aromatic N) is 1. The summed E-state index contributed by atoms with van der Waals surface area (Å²) in [5.41, 5.74) is 7.65. The lowest BCUT2D eigenvalue weighted by atomic mass is 10.1. The summed E-state index contributed by atoms with van der Waals surface area (Å²) in [6, 6.07) is 9.11. The predicted octanol–water partition coefficient (Wildman–Crippen LogP) is 3.50. The van der Waals surface area contributed by atoms with Gasteiger partial charge in [0.25, 0.3) is 11.6 Å². The maximum atomic E-state index is 12.2. The third kappa shape index (κ3) is 3.38. The van der Waals surface area contributed by atoms with Crippen LogP contribution in [0.5, 0.6) is 0 Å². The molecule has 7 heteroatoms. The number of rotatable bonds is 3. The summed E-state index contributed by atoms with van der Waals surface area (Å²) in [5.74, 6) is -0.353. The Labute approximate surface area is 129 Å². The van der Waals surface area contributed by atoms with Crippen molar-refractivity contribution < 1.29 is 9.72 Å². The molecule has 0 aliphatic rings. The molecule has 0 spiro atoms. The van der Waals surface area contributed by atoms with Crippen LogP contribution in [-0.2, 0) is 0 Å². The predicted molar refractivity (Wildman–Crippen MR) is 84.3 cm³/mol. The van der Waals surface area contributed by atoms with Crippen molar-refractivity contribution in [1.29, 1.82) is 0 Å². The summed E-state index contributed by atoms with van der Waals surface area (Å²) in [7, 11) is 0. The van der Waals surface area contributed by atoms with Crippen molar-refractivity contribution >= 4 is 38.9 Å². The van der Waals surface area contributed by atoms with Crippen LogP contribution in [0.4, 0.5) is 17.1 Å². The van der Waals surface area contributed by atoms with E-state index in [0.717, 1.165) is 5.56 Å². The van der Waals surface area contributed by atoms with Crippen molar-refractivity contribution in [1.82, 2.24) is 0 Å². The summed E-state index contributed by atoms with van der Waals surface area (Å²) in [4.78, 5) is 22.5. The Morgan fingerprint density at radius 2 is 2.00 bits per heavy atom. The van der Waals surface area contributed by atoms with Crippen LogP contribution in [0.25, 0.3) is 0 Å². The minimum atomic E-state index is -0.517. The molecule has 6 nitrogen and oxygen atoms in total. The molecule has 2 aromatic rings. The molecule has 0 fully saturated rings. The fourth-order valence-electron chi connectivity index (χ4n) is 1.85. The third-order valence-electron chi connectivity index (χ3n) is 2.90. The number of nitro benzene ring substituents is 1. The number of hydrogen-bond acceptors (Lipinski definition) is 4. The van der Waals surface area contributed by atoms with E-state index in [0.29, 0.717) is 21.4 Å². The number of carbonyl (C=O) groups excluding carboxylic acids is 1. The van der Waals surface area contributed by atoms with Gasteiger partial charge < -0.3 is 11.1 Å². The SMILES string of the molecule is Cc1cc(N)ccc1C(=O)Nc1cc([N+](=O)[O-])ccc1Br. The van der Waals surface area contributed by atoms with Gasteiger partial charge in [0.15, 0.2) is 0 Å². The van der Waals surface area contributed by atoms with Gasteiger partial charge in [0.1, 0.15) is 0 Å². The average Bonchev–Trinajstić information content (AvgIpc) is 2.40. The van der Waals surface area contributed by atoms with E-state index in [1.807, 2.05) is 0 Å². The van der Waals surface area contributed by atoms with Crippen LogP contribution in [0.1, 0.15) is 15.9 Å². The van der Waals surface area contributed by atoms with Gasteiger partial charge in [-0.1, -0.05) is 0 Å². The van der Waals surface area contributed by atoms with E-state index >= 15 is 0 Å². The molecular formula is C14H12BrN3O3. The van der Waals surface area contributed by atoms with Gasteiger partial charge in [0.2, 0.25) is 0 Å². The van der Waals surface area contributed by atoms with Crippen LogP contribution in [0.2, 0.25) is 0 Å². The second kappa shape index (κ2) is 5.92. The molecule has 0 aliphatic heterocycles. The van der Waals surface area contributed by atoms with E-state index in [-0.39, 0.29) is 11.6 Å². The maximum Gasteiger partial charge on any atom is 0.271 e. The Kier molecular flexibility index (Phi) is 4.23. The number of aryl methyl sites for hydroxylation is 1. The van der Waals surface area contributed by atoms with Crippen molar-refractivity contribution in [2.24, 2.45) is 0 Å². The Hall–Kier alpha value is -2.41. The minimum Gasteiger partial charge on any atom is -0.399 e. The van der Waals surface area contributed by atoms with Gasteiger partial charge >= 0.3 is 0 Å². The van der Waals surface area contributed by atoms with Crippen molar-refractivity contribution in [3.63, 3.8) is 0 Å². The zero-order valence-electron chi connectivity index (χ0n) is 11.1. The molecule has 0 heterocycles. The van der Waals surface area contributed by atoms with Crippen molar-refractivity contribution in [2.75, 3.05) is 11.1 Å². The summed E-state index contributed by atoms with van der Waals surface area (Å²) in [5, 5.41) is 13.4. The van der Waals surface area contributed by atoms with Gasteiger partial charge in [0.05, 0.1) is 10.6 Å². The first kappa shape index (κ1) is 15.0. The number of hydrogen-bond donors (Lipinski definition) is 2. The molecule has 2 aromatic carbocycles. The number of amides is 1. The third-order valence-corrected chi connectivity index (χ3v) is 3.60.